The van der Waals surface area contributed by atoms with E-state index in [2.05, 4.69) is 5.48 Å². The third-order valence-corrected chi connectivity index (χ3v) is 0.981. The van der Waals surface area contributed by atoms with Crippen molar-refractivity contribution < 1.29 is 9.57 Å². The molecule has 1 fully saturated rings. The third kappa shape index (κ3) is 1.12. The van der Waals surface area contributed by atoms with Gasteiger partial charge in [0, 0.05) is 13.5 Å². The van der Waals surface area contributed by atoms with Crippen LogP contribution in [0.3, 0.4) is 0 Å². The van der Waals surface area contributed by atoms with Crippen molar-refractivity contribution in [2.24, 2.45) is 0 Å². The molecule has 1 unspecified atom stereocenters. The summed E-state index contributed by atoms with van der Waals surface area (Å²) in [6.45, 7) is 0.762. The number of methoxy groups -OCH3 is 1. The van der Waals surface area contributed by atoms with Gasteiger partial charge >= 0.3 is 0 Å². The predicted octanol–water partition coefficient (Wildman–Crippen LogP) is -0.116. The molecule has 1 atom stereocenters. The zero-order chi connectivity index (χ0) is 5.11. The molecule has 0 radical (unpaired) electrons. The number of rotatable bonds is 1. The fourth-order valence-corrected chi connectivity index (χ4v) is 0.543. The molecule has 3 nitrogen and oxygen atoms in total. The average Bonchev–Trinajstić information content (AvgIpc) is 2.14. The van der Waals surface area contributed by atoms with Crippen molar-refractivity contribution in [2.75, 3.05) is 13.7 Å². The first kappa shape index (κ1) is 5.03. The first-order chi connectivity index (χ1) is 3.43. The van der Waals surface area contributed by atoms with Gasteiger partial charge in [-0.3, -0.25) is 4.84 Å². The van der Waals surface area contributed by atoms with Gasteiger partial charge in [0.15, 0.2) is 0 Å². The summed E-state index contributed by atoms with van der Waals surface area (Å²) in [5.41, 5.74) is 2.68. The number of hydrogen-bond donors (Lipinski definition) is 1. The van der Waals surface area contributed by atoms with E-state index in [1.807, 2.05) is 0 Å². The Labute approximate surface area is 42.6 Å². The summed E-state index contributed by atoms with van der Waals surface area (Å²) in [4.78, 5) is 4.77. The van der Waals surface area contributed by atoms with E-state index < -0.39 is 0 Å². The number of hydroxylamine groups is 1. The van der Waals surface area contributed by atoms with Crippen molar-refractivity contribution >= 4 is 0 Å². The van der Waals surface area contributed by atoms with E-state index in [-0.39, 0.29) is 6.23 Å². The highest BCUT2D eigenvalue weighted by Gasteiger charge is 2.11. The van der Waals surface area contributed by atoms with Crippen LogP contribution in [0, 0.1) is 0 Å². The van der Waals surface area contributed by atoms with E-state index in [1.165, 1.54) is 0 Å². The van der Waals surface area contributed by atoms with Crippen LogP contribution >= 0.6 is 0 Å². The summed E-state index contributed by atoms with van der Waals surface area (Å²) in [5.74, 6) is 0. The van der Waals surface area contributed by atoms with Crippen LogP contribution in [0.5, 0.6) is 0 Å². The molecule has 1 heterocycles. The second-order valence-corrected chi connectivity index (χ2v) is 1.48. The zero-order valence-corrected chi connectivity index (χ0v) is 4.31. The van der Waals surface area contributed by atoms with Gasteiger partial charge in [0.25, 0.3) is 0 Å². The van der Waals surface area contributed by atoms with Crippen molar-refractivity contribution in [3.63, 3.8) is 0 Å². The first-order valence-corrected chi connectivity index (χ1v) is 2.33. The Morgan fingerprint density at radius 2 is 2.71 bits per heavy atom. The minimum absolute atomic E-state index is 0.125. The largest absolute Gasteiger partial charge is 0.364 e. The van der Waals surface area contributed by atoms with Crippen molar-refractivity contribution in [1.29, 1.82) is 0 Å². The van der Waals surface area contributed by atoms with Gasteiger partial charge in [0.2, 0.25) is 0 Å². The Kier molecular flexibility index (Phi) is 1.62. The molecule has 1 rings (SSSR count). The monoisotopic (exact) mass is 103 g/mol. The van der Waals surface area contributed by atoms with E-state index in [0.29, 0.717) is 0 Å². The molecule has 0 amide bonds. The van der Waals surface area contributed by atoms with E-state index in [0.717, 1.165) is 13.0 Å². The summed E-state index contributed by atoms with van der Waals surface area (Å²) in [6.07, 6.45) is 1.08. The Balaban J connectivity index is 2.14. The Morgan fingerprint density at radius 1 is 1.86 bits per heavy atom. The molecule has 1 saturated heterocycles. The Morgan fingerprint density at radius 3 is 3.00 bits per heavy atom. The number of nitrogens with one attached hydrogen (secondary N) is 1. The summed E-state index contributed by atoms with van der Waals surface area (Å²) in [5, 5.41) is 0. The Hall–Kier alpha value is -0.120. The summed E-state index contributed by atoms with van der Waals surface area (Å²) in [7, 11) is 1.66. The SMILES string of the molecule is COC1CCON1. The Bertz CT molecular complexity index is 51.7. The zero-order valence-electron chi connectivity index (χ0n) is 4.31. The second kappa shape index (κ2) is 2.26. The van der Waals surface area contributed by atoms with E-state index in [9.17, 15) is 0 Å². The molecular weight excluding hydrogens is 94.0 g/mol. The second-order valence-electron chi connectivity index (χ2n) is 1.48. The van der Waals surface area contributed by atoms with Crippen LogP contribution in [-0.4, -0.2) is 19.9 Å². The van der Waals surface area contributed by atoms with Crippen LogP contribution in [-0.2, 0) is 9.57 Å². The molecule has 0 aromatic carbocycles. The van der Waals surface area contributed by atoms with E-state index >= 15 is 0 Å². The summed E-state index contributed by atoms with van der Waals surface area (Å²) >= 11 is 0. The van der Waals surface area contributed by atoms with Crippen molar-refractivity contribution in [1.82, 2.24) is 5.48 Å². The lowest BCUT2D eigenvalue weighted by atomic mass is 10.4. The van der Waals surface area contributed by atoms with Crippen molar-refractivity contribution in [3.8, 4) is 0 Å². The average molecular weight is 103 g/mol. The highest BCUT2D eigenvalue weighted by atomic mass is 16.7. The van der Waals surface area contributed by atoms with Crippen LogP contribution in [0.15, 0.2) is 0 Å². The maximum atomic E-state index is 4.88. The van der Waals surface area contributed by atoms with Gasteiger partial charge < -0.3 is 4.74 Å². The first-order valence-electron chi connectivity index (χ1n) is 2.33. The van der Waals surface area contributed by atoms with E-state index in [4.69, 9.17) is 9.57 Å². The molecule has 0 aromatic heterocycles. The highest BCUT2D eigenvalue weighted by molar-refractivity contribution is 4.51. The maximum Gasteiger partial charge on any atom is 0.132 e. The van der Waals surface area contributed by atoms with Crippen LogP contribution in [0.25, 0.3) is 0 Å². The van der Waals surface area contributed by atoms with Gasteiger partial charge in [0.05, 0.1) is 6.61 Å². The van der Waals surface area contributed by atoms with Gasteiger partial charge in [-0.05, 0) is 0 Å². The summed E-state index contributed by atoms with van der Waals surface area (Å²) < 4.78 is 4.88. The fraction of sp³-hybridized carbons (Fsp3) is 1.00. The third-order valence-electron chi connectivity index (χ3n) is 0.981. The molecule has 1 aliphatic heterocycles. The lowest BCUT2D eigenvalue weighted by Gasteiger charge is -2.01. The quantitative estimate of drug-likeness (QED) is 0.502. The molecule has 0 spiro atoms. The maximum absolute atomic E-state index is 4.88. The number of ether oxygens (including phenoxy) is 1. The molecule has 0 bridgehead atoms. The molecule has 42 valence electrons. The molecule has 3 heteroatoms. The predicted molar refractivity (Wildman–Crippen MR) is 24.5 cm³/mol. The van der Waals surface area contributed by atoms with Gasteiger partial charge in [-0.1, -0.05) is 0 Å². The van der Waals surface area contributed by atoms with E-state index in [1.54, 1.807) is 7.11 Å². The molecule has 1 aliphatic rings. The number of hydrogen-bond acceptors (Lipinski definition) is 3. The van der Waals surface area contributed by atoms with Gasteiger partial charge in [0.1, 0.15) is 6.23 Å². The van der Waals surface area contributed by atoms with Gasteiger partial charge in [-0.25, -0.2) is 0 Å². The highest BCUT2D eigenvalue weighted by Crippen LogP contribution is 1.98. The normalized spacial score (nSPS) is 31.3. The van der Waals surface area contributed by atoms with Crippen molar-refractivity contribution in [3.05, 3.63) is 0 Å². The smallest absolute Gasteiger partial charge is 0.132 e. The minimum Gasteiger partial charge on any atom is -0.364 e. The topological polar surface area (TPSA) is 30.5 Å². The van der Waals surface area contributed by atoms with Crippen LogP contribution in [0.4, 0.5) is 0 Å². The van der Waals surface area contributed by atoms with Gasteiger partial charge in [-0.15, -0.1) is 0 Å². The molecule has 1 N–H and O–H groups in total. The minimum atomic E-state index is 0.125. The lowest BCUT2D eigenvalue weighted by molar-refractivity contribution is 0.0000707. The molecule has 0 aromatic rings. The van der Waals surface area contributed by atoms with Gasteiger partial charge in [-0.2, -0.15) is 5.48 Å². The molecule has 0 aliphatic carbocycles. The van der Waals surface area contributed by atoms with Crippen LogP contribution in [0.1, 0.15) is 6.42 Å². The molecule has 0 saturated carbocycles. The van der Waals surface area contributed by atoms with Crippen LogP contribution in [0.2, 0.25) is 0 Å². The molecular formula is C4H9NO2. The van der Waals surface area contributed by atoms with Crippen LogP contribution < -0.4 is 5.48 Å². The lowest BCUT2D eigenvalue weighted by Crippen LogP contribution is -2.21. The fourth-order valence-electron chi connectivity index (χ4n) is 0.543. The standard InChI is InChI=1S/C4H9NO2/c1-6-4-2-3-7-5-4/h4-5H,2-3H2,1H3. The summed E-state index contributed by atoms with van der Waals surface area (Å²) in [6, 6.07) is 0. The molecule has 7 heavy (non-hydrogen) atoms. The van der Waals surface area contributed by atoms with Crippen molar-refractivity contribution in [2.45, 2.75) is 12.6 Å².